The summed E-state index contributed by atoms with van der Waals surface area (Å²) in [6.45, 7) is 0. The highest BCUT2D eigenvalue weighted by atomic mass is 35.5. The van der Waals surface area contributed by atoms with Crippen LogP contribution in [0.3, 0.4) is 0 Å². The quantitative estimate of drug-likeness (QED) is 0.778. The Morgan fingerprint density at radius 3 is 2.50 bits per heavy atom. The van der Waals surface area contributed by atoms with Crippen molar-refractivity contribution in [1.29, 1.82) is 0 Å². The molecule has 6 heteroatoms. The van der Waals surface area contributed by atoms with Gasteiger partial charge in [-0.1, -0.05) is 0 Å². The van der Waals surface area contributed by atoms with Crippen LogP contribution < -0.4 is 10.5 Å². The Balaban J connectivity index is 3.13. The lowest BCUT2D eigenvalue weighted by Gasteiger charge is -2.06. The Morgan fingerprint density at radius 1 is 1.43 bits per heavy atom. The van der Waals surface area contributed by atoms with Crippen LogP contribution >= 0.6 is 11.6 Å². The number of benzene rings is 1. The van der Waals surface area contributed by atoms with Gasteiger partial charge in [0.2, 0.25) is 0 Å². The monoisotopic (exact) mass is 221 g/mol. The molecule has 1 rings (SSSR count). The van der Waals surface area contributed by atoms with Crippen LogP contribution in [0.5, 0.6) is 5.75 Å². The molecule has 0 unspecified atom stereocenters. The zero-order valence-corrected chi connectivity index (χ0v) is 7.65. The third kappa shape index (κ3) is 2.32. The molecule has 2 N–H and O–H groups in total. The molecule has 1 amide bonds. The van der Waals surface area contributed by atoms with Gasteiger partial charge in [0, 0.05) is 11.6 Å². The van der Waals surface area contributed by atoms with Crippen LogP contribution in [0.1, 0.15) is 5.56 Å². The summed E-state index contributed by atoms with van der Waals surface area (Å²) in [6, 6.07) is 1.57. The largest absolute Gasteiger partial charge is 0.410 e. The van der Waals surface area contributed by atoms with Crippen molar-refractivity contribution in [1.82, 2.24) is 0 Å². The van der Waals surface area contributed by atoms with Crippen LogP contribution in [-0.4, -0.2) is 6.09 Å². The van der Waals surface area contributed by atoms with E-state index < -0.39 is 17.7 Å². The van der Waals surface area contributed by atoms with Gasteiger partial charge in [0.15, 0.2) is 11.6 Å². The van der Waals surface area contributed by atoms with Crippen molar-refractivity contribution < 1.29 is 18.3 Å². The number of carbonyl (C=O) groups excluding carboxylic acids is 1. The van der Waals surface area contributed by atoms with Crippen molar-refractivity contribution in [3.05, 3.63) is 29.3 Å². The molecular weight excluding hydrogens is 216 g/mol. The molecule has 0 spiro atoms. The summed E-state index contributed by atoms with van der Waals surface area (Å²) >= 11 is 5.42. The first-order valence-electron chi connectivity index (χ1n) is 3.55. The fourth-order valence-electron chi connectivity index (χ4n) is 0.878. The van der Waals surface area contributed by atoms with Gasteiger partial charge in [-0.2, -0.15) is 0 Å². The first-order valence-corrected chi connectivity index (χ1v) is 4.09. The van der Waals surface area contributed by atoms with Crippen molar-refractivity contribution in [2.75, 3.05) is 0 Å². The Kier molecular flexibility index (Phi) is 3.24. The smallest absolute Gasteiger partial charge is 0.409 e. The highest BCUT2D eigenvalue weighted by Gasteiger charge is 2.11. The molecule has 14 heavy (non-hydrogen) atoms. The van der Waals surface area contributed by atoms with E-state index in [-0.39, 0.29) is 17.2 Å². The van der Waals surface area contributed by atoms with Gasteiger partial charge in [-0.05, 0) is 6.07 Å². The van der Waals surface area contributed by atoms with Gasteiger partial charge in [-0.25, -0.2) is 13.6 Å². The predicted octanol–water partition coefficient (Wildman–Crippen LogP) is 2.16. The number of hydrogen-bond acceptors (Lipinski definition) is 2. The van der Waals surface area contributed by atoms with Gasteiger partial charge >= 0.3 is 6.09 Å². The molecule has 0 aliphatic carbocycles. The molecule has 0 radical (unpaired) electrons. The predicted molar refractivity (Wildman–Crippen MR) is 46.1 cm³/mol. The van der Waals surface area contributed by atoms with Gasteiger partial charge in [-0.15, -0.1) is 11.6 Å². The van der Waals surface area contributed by atoms with Crippen molar-refractivity contribution in [2.24, 2.45) is 5.73 Å². The van der Waals surface area contributed by atoms with Gasteiger partial charge in [0.25, 0.3) is 0 Å². The molecule has 0 saturated heterocycles. The maximum atomic E-state index is 12.7. The number of hydrogen-bond donors (Lipinski definition) is 1. The Morgan fingerprint density at radius 2 is 2.00 bits per heavy atom. The molecular formula is C8H6ClF2NO2. The molecule has 76 valence electrons. The molecule has 0 heterocycles. The summed E-state index contributed by atoms with van der Waals surface area (Å²) in [6.07, 6.45) is -1.11. The van der Waals surface area contributed by atoms with E-state index in [9.17, 15) is 13.6 Å². The van der Waals surface area contributed by atoms with Crippen LogP contribution in [0.2, 0.25) is 0 Å². The summed E-state index contributed by atoms with van der Waals surface area (Å²) in [7, 11) is 0. The van der Waals surface area contributed by atoms with E-state index in [0.717, 1.165) is 12.1 Å². The topological polar surface area (TPSA) is 52.3 Å². The highest BCUT2D eigenvalue weighted by molar-refractivity contribution is 6.17. The van der Waals surface area contributed by atoms with Crippen LogP contribution in [0, 0.1) is 11.6 Å². The van der Waals surface area contributed by atoms with Gasteiger partial charge in [-0.3, -0.25) is 0 Å². The second-order valence-corrected chi connectivity index (χ2v) is 2.70. The second-order valence-electron chi connectivity index (χ2n) is 2.43. The third-order valence-corrected chi connectivity index (χ3v) is 1.75. The van der Waals surface area contributed by atoms with Crippen LogP contribution in [-0.2, 0) is 5.88 Å². The summed E-state index contributed by atoms with van der Waals surface area (Å²) < 4.78 is 29.8. The van der Waals surface area contributed by atoms with Crippen molar-refractivity contribution >= 4 is 17.7 Å². The van der Waals surface area contributed by atoms with Crippen LogP contribution in [0.25, 0.3) is 0 Å². The lowest BCUT2D eigenvalue weighted by molar-refractivity contribution is 0.210. The summed E-state index contributed by atoms with van der Waals surface area (Å²) in [5.74, 6) is -2.47. The van der Waals surface area contributed by atoms with E-state index in [0.29, 0.717) is 0 Å². The van der Waals surface area contributed by atoms with E-state index in [1.165, 1.54) is 0 Å². The zero-order chi connectivity index (χ0) is 10.7. The maximum absolute atomic E-state index is 12.7. The Labute approximate surface area is 83.4 Å². The fraction of sp³-hybridized carbons (Fsp3) is 0.125. The summed E-state index contributed by atoms with van der Waals surface area (Å²) in [4.78, 5) is 10.4. The average molecular weight is 222 g/mol. The first-order chi connectivity index (χ1) is 6.54. The normalized spacial score (nSPS) is 9.93. The van der Waals surface area contributed by atoms with Gasteiger partial charge in [0.1, 0.15) is 5.75 Å². The fourth-order valence-corrected chi connectivity index (χ4v) is 1.09. The van der Waals surface area contributed by atoms with E-state index in [1.54, 1.807) is 0 Å². The summed E-state index contributed by atoms with van der Waals surface area (Å²) in [5, 5.41) is 0. The van der Waals surface area contributed by atoms with E-state index >= 15 is 0 Å². The minimum atomic E-state index is -1.13. The van der Waals surface area contributed by atoms with Gasteiger partial charge < -0.3 is 10.5 Å². The number of primary amides is 1. The number of nitrogens with two attached hydrogens (primary N) is 1. The lowest BCUT2D eigenvalue weighted by Crippen LogP contribution is -2.17. The first kappa shape index (κ1) is 10.7. The molecule has 3 nitrogen and oxygen atoms in total. The van der Waals surface area contributed by atoms with Crippen molar-refractivity contribution in [2.45, 2.75) is 5.88 Å². The molecule has 0 saturated carbocycles. The third-order valence-electron chi connectivity index (χ3n) is 1.46. The Bertz CT molecular complexity index is 371. The van der Waals surface area contributed by atoms with E-state index in [4.69, 9.17) is 17.3 Å². The van der Waals surface area contributed by atoms with E-state index in [1.807, 2.05) is 0 Å². The minimum Gasteiger partial charge on any atom is -0.410 e. The number of alkyl halides is 1. The zero-order valence-electron chi connectivity index (χ0n) is 6.89. The van der Waals surface area contributed by atoms with Crippen LogP contribution in [0.4, 0.5) is 13.6 Å². The second kappa shape index (κ2) is 4.23. The summed E-state index contributed by atoms with van der Waals surface area (Å²) in [5.41, 5.74) is 4.87. The number of amides is 1. The molecule has 0 aliphatic heterocycles. The molecule has 0 bridgehead atoms. The SMILES string of the molecule is NC(=O)Oc1cc(F)c(F)cc1CCl. The average Bonchev–Trinajstić information content (AvgIpc) is 2.10. The van der Waals surface area contributed by atoms with E-state index in [2.05, 4.69) is 4.74 Å². The standard InChI is InChI=1S/C8H6ClF2NO2/c9-3-4-1-5(10)6(11)2-7(4)14-8(12)13/h1-2H,3H2,(H2,12,13). The number of ether oxygens (including phenoxy) is 1. The number of halogens is 3. The molecule has 0 aliphatic rings. The maximum Gasteiger partial charge on any atom is 0.409 e. The number of rotatable bonds is 2. The lowest BCUT2D eigenvalue weighted by atomic mass is 10.2. The van der Waals surface area contributed by atoms with Crippen LogP contribution in [0.15, 0.2) is 12.1 Å². The molecule has 1 aromatic carbocycles. The molecule has 0 fully saturated rings. The Hall–Kier alpha value is -1.36. The minimum absolute atomic E-state index is 0.111. The molecule has 1 aromatic rings. The molecule has 0 atom stereocenters. The van der Waals surface area contributed by atoms with Crippen molar-refractivity contribution in [3.63, 3.8) is 0 Å². The highest BCUT2D eigenvalue weighted by Crippen LogP contribution is 2.23. The van der Waals surface area contributed by atoms with Gasteiger partial charge in [0.05, 0.1) is 5.88 Å². The van der Waals surface area contributed by atoms with Crippen molar-refractivity contribution in [3.8, 4) is 5.75 Å². The number of carbonyl (C=O) groups is 1. The molecule has 0 aromatic heterocycles.